The maximum atomic E-state index is 5.65. The Morgan fingerprint density at radius 3 is 1.32 bits per heavy atom. The van der Waals surface area contributed by atoms with Crippen molar-refractivity contribution in [3.05, 3.63) is 120 Å². The molecule has 0 aliphatic heterocycles. The van der Waals surface area contributed by atoms with Gasteiger partial charge in [-0.3, -0.25) is 9.98 Å². The van der Waals surface area contributed by atoms with E-state index in [1.165, 1.54) is 0 Å². The van der Waals surface area contributed by atoms with Crippen molar-refractivity contribution < 1.29 is 9.47 Å². The second kappa shape index (κ2) is 10.2. The number of aliphatic imine (C=N–C) groups is 2. The minimum Gasteiger partial charge on any atom is -0.496 e. The van der Waals surface area contributed by atoms with Crippen molar-refractivity contribution in [1.82, 2.24) is 0 Å². The first-order valence-corrected chi connectivity index (χ1v) is 12.5. The van der Waals surface area contributed by atoms with Crippen LogP contribution in [0.25, 0.3) is 32.3 Å². The van der Waals surface area contributed by atoms with Crippen LogP contribution in [-0.2, 0) is 0 Å². The molecule has 0 aromatic heterocycles. The zero-order valence-electron chi connectivity index (χ0n) is 21.3. The van der Waals surface area contributed by atoms with Gasteiger partial charge in [0.05, 0.1) is 25.6 Å². The van der Waals surface area contributed by atoms with E-state index in [0.29, 0.717) is 0 Å². The summed E-state index contributed by atoms with van der Waals surface area (Å²) in [4.78, 5) is 9.83. The number of hydrogen-bond acceptors (Lipinski definition) is 4. The summed E-state index contributed by atoms with van der Waals surface area (Å²) < 4.78 is 11.3. The van der Waals surface area contributed by atoms with Crippen molar-refractivity contribution in [3.8, 4) is 11.5 Å². The third-order valence-corrected chi connectivity index (χ3v) is 6.84. The standard InChI is InChI=1S/C34H26N2O2/c1-37-33-19-17-23-9-3-5-11-25(23)29(33)21-35-31-15-7-14-28-27(31)13-8-16-32(28)36-22-30-26-12-6-4-10-24(26)18-20-34(30)38-2/h3-22H,1-2H3. The molecule has 0 saturated carbocycles. The molecule has 6 aromatic rings. The lowest BCUT2D eigenvalue weighted by atomic mass is 10.0. The Morgan fingerprint density at radius 1 is 0.447 bits per heavy atom. The molecule has 6 aromatic carbocycles. The Balaban J connectivity index is 1.43. The van der Waals surface area contributed by atoms with Crippen LogP contribution in [0.2, 0.25) is 0 Å². The summed E-state index contributed by atoms with van der Waals surface area (Å²) in [5.74, 6) is 1.59. The molecule has 0 saturated heterocycles. The monoisotopic (exact) mass is 494 g/mol. The Hall–Kier alpha value is -4.96. The third kappa shape index (κ3) is 4.27. The lowest BCUT2D eigenvalue weighted by molar-refractivity contribution is 0.414. The first kappa shape index (κ1) is 23.4. The summed E-state index contributed by atoms with van der Waals surface area (Å²) in [6, 6.07) is 36.9. The van der Waals surface area contributed by atoms with E-state index in [4.69, 9.17) is 19.5 Å². The normalized spacial score (nSPS) is 11.7. The number of rotatable bonds is 6. The van der Waals surface area contributed by atoms with Gasteiger partial charge in [0, 0.05) is 34.3 Å². The fourth-order valence-electron chi connectivity index (χ4n) is 4.94. The summed E-state index contributed by atoms with van der Waals surface area (Å²) in [7, 11) is 3.38. The van der Waals surface area contributed by atoms with Crippen molar-refractivity contribution in [2.45, 2.75) is 0 Å². The molecule has 0 unspecified atom stereocenters. The van der Waals surface area contributed by atoms with E-state index in [1.54, 1.807) is 14.2 Å². The van der Waals surface area contributed by atoms with Gasteiger partial charge in [-0.1, -0.05) is 84.9 Å². The van der Waals surface area contributed by atoms with Gasteiger partial charge >= 0.3 is 0 Å². The molecule has 6 rings (SSSR count). The predicted octanol–water partition coefficient (Wildman–Crippen LogP) is 8.66. The molecule has 0 aliphatic carbocycles. The first-order chi connectivity index (χ1) is 18.8. The summed E-state index contributed by atoms with van der Waals surface area (Å²) >= 11 is 0. The number of benzene rings is 6. The molecule has 0 bridgehead atoms. The maximum absolute atomic E-state index is 5.65. The summed E-state index contributed by atoms with van der Waals surface area (Å²) in [6.45, 7) is 0. The third-order valence-electron chi connectivity index (χ3n) is 6.84. The van der Waals surface area contributed by atoms with Crippen LogP contribution in [0.15, 0.2) is 119 Å². The van der Waals surface area contributed by atoms with Gasteiger partial charge in [0.1, 0.15) is 11.5 Å². The summed E-state index contributed by atoms with van der Waals surface area (Å²) in [6.07, 6.45) is 3.79. The van der Waals surface area contributed by atoms with Gasteiger partial charge in [0.25, 0.3) is 0 Å². The summed E-state index contributed by atoms with van der Waals surface area (Å²) in [5.41, 5.74) is 3.66. The predicted molar refractivity (Wildman–Crippen MR) is 159 cm³/mol. The highest BCUT2D eigenvalue weighted by Gasteiger charge is 2.09. The van der Waals surface area contributed by atoms with Crippen molar-refractivity contribution in [2.75, 3.05) is 14.2 Å². The molecule has 184 valence electrons. The van der Waals surface area contributed by atoms with Crippen molar-refractivity contribution in [2.24, 2.45) is 9.98 Å². The first-order valence-electron chi connectivity index (χ1n) is 12.5. The maximum Gasteiger partial charge on any atom is 0.128 e. The van der Waals surface area contributed by atoms with Gasteiger partial charge < -0.3 is 9.47 Å². The molecule has 0 amide bonds. The van der Waals surface area contributed by atoms with E-state index in [9.17, 15) is 0 Å². The van der Waals surface area contributed by atoms with E-state index >= 15 is 0 Å². The highest BCUT2D eigenvalue weighted by Crippen LogP contribution is 2.34. The SMILES string of the molecule is COc1ccc2ccccc2c1C=Nc1cccc2c(N=Cc3c(OC)ccc4ccccc34)cccc12. The molecule has 4 heteroatoms. The van der Waals surface area contributed by atoms with Crippen LogP contribution in [0.4, 0.5) is 11.4 Å². The minimum absolute atomic E-state index is 0.794. The van der Waals surface area contributed by atoms with Gasteiger partial charge in [-0.25, -0.2) is 0 Å². The molecule has 0 radical (unpaired) electrons. The second-order valence-electron chi connectivity index (χ2n) is 8.97. The van der Waals surface area contributed by atoms with Gasteiger partial charge in [-0.05, 0) is 45.8 Å². The van der Waals surface area contributed by atoms with Crippen molar-refractivity contribution in [3.63, 3.8) is 0 Å². The molecule has 0 N–H and O–H groups in total. The molecule has 4 nitrogen and oxygen atoms in total. The highest BCUT2D eigenvalue weighted by molar-refractivity contribution is 6.07. The van der Waals surface area contributed by atoms with Gasteiger partial charge in [0.15, 0.2) is 0 Å². The van der Waals surface area contributed by atoms with E-state index in [1.807, 2.05) is 73.1 Å². The molecule has 0 atom stereocenters. The molecule has 0 heterocycles. The second-order valence-corrected chi connectivity index (χ2v) is 8.97. The lowest BCUT2D eigenvalue weighted by Gasteiger charge is -2.10. The Bertz CT molecular complexity index is 1720. The Morgan fingerprint density at radius 2 is 0.868 bits per heavy atom. The van der Waals surface area contributed by atoms with E-state index < -0.39 is 0 Å². The van der Waals surface area contributed by atoms with Crippen LogP contribution in [0.3, 0.4) is 0 Å². The van der Waals surface area contributed by atoms with Gasteiger partial charge in [-0.15, -0.1) is 0 Å². The molecular formula is C34H26N2O2. The van der Waals surface area contributed by atoms with Crippen LogP contribution in [0.5, 0.6) is 11.5 Å². The Labute approximate surface area is 221 Å². The fourth-order valence-corrected chi connectivity index (χ4v) is 4.94. The number of hydrogen-bond donors (Lipinski definition) is 0. The topological polar surface area (TPSA) is 43.2 Å². The van der Waals surface area contributed by atoms with E-state index in [0.717, 1.165) is 66.3 Å². The minimum atomic E-state index is 0.794. The van der Waals surface area contributed by atoms with E-state index in [-0.39, 0.29) is 0 Å². The van der Waals surface area contributed by atoms with Gasteiger partial charge in [0.2, 0.25) is 0 Å². The smallest absolute Gasteiger partial charge is 0.128 e. The zero-order valence-corrected chi connectivity index (χ0v) is 21.3. The molecule has 38 heavy (non-hydrogen) atoms. The molecule has 0 fully saturated rings. The molecule has 0 spiro atoms. The average molecular weight is 495 g/mol. The number of fused-ring (bicyclic) bond motifs is 3. The van der Waals surface area contributed by atoms with Crippen molar-refractivity contribution >= 4 is 56.1 Å². The Kier molecular flexibility index (Phi) is 6.29. The van der Waals surface area contributed by atoms with Crippen LogP contribution in [-0.4, -0.2) is 26.6 Å². The van der Waals surface area contributed by atoms with Crippen LogP contribution >= 0.6 is 0 Å². The van der Waals surface area contributed by atoms with Crippen LogP contribution in [0, 0.1) is 0 Å². The zero-order chi connectivity index (χ0) is 25.9. The highest BCUT2D eigenvalue weighted by atomic mass is 16.5. The number of nitrogens with zero attached hydrogens (tertiary/aromatic N) is 2. The largest absolute Gasteiger partial charge is 0.496 e. The average Bonchev–Trinajstić information content (AvgIpc) is 2.98. The number of ether oxygens (including phenoxy) is 2. The lowest BCUT2D eigenvalue weighted by Crippen LogP contribution is -1.92. The van der Waals surface area contributed by atoms with E-state index in [2.05, 4.69) is 48.5 Å². The fraction of sp³-hybridized carbons (Fsp3) is 0.0588. The van der Waals surface area contributed by atoms with Gasteiger partial charge in [-0.2, -0.15) is 0 Å². The quantitative estimate of drug-likeness (QED) is 0.217. The number of methoxy groups -OCH3 is 2. The molecule has 0 aliphatic rings. The molecular weight excluding hydrogens is 468 g/mol. The van der Waals surface area contributed by atoms with Crippen LogP contribution < -0.4 is 9.47 Å². The summed E-state index contributed by atoms with van der Waals surface area (Å²) in [5, 5.41) is 6.56. The van der Waals surface area contributed by atoms with Crippen molar-refractivity contribution in [1.29, 1.82) is 0 Å². The van der Waals surface area contributed by atoms with Crippen LogP contribution in [0.1, 0.15) is 11.1 Å².